The van der Waals surface area contributed by atoms with E-state index in [2.05, 4.69) is 19.2 Å². The Morgan fingerprint density at radius 3 is 2.16 bits per heavy atom. The predicted octanol–water partition coefficient (Wildman–Crippen LogP) is 3.16. The topological polar surface area (TPSA) is 21.3 Å². The lowest BCUT2D eigenvalue weighted by Crippen LogP contribution is -2.45. The minimum atomic E-state index is -0.538. The molecule has 0 fully saturated rings. The number of halogens is 2. The third kappa shape index (κ3) is 4.88. The number of nitrogens with one attached hydrogen (secondary N) is 1. The second-order valence-corrected chi connectivity index (χ2v) is 5.09. The van der Waals surface area contributed by atoms with Crippen molar-refractivity contribution >= 4 is 0 Å². The molecule has 0 aliphatic rings. The van der Waals surface area contributed by atoms with Crippen LogP contribution in [0.4, 0.5) is 8.78 Å². The first-order valence-electron chi connectivity index (χ1n) is 6.69. The van der Waals surface area contributed by atoms with E-state index in [1.165, 1.54) is 12.1 Å². The van der Waals surface area contributed by atoms with Crippen molar-refractivity contribution in [1.82, 2.24) is 5.32 Å². The molecule has 4 heteroatoms. The first-order valence-corrected chi connectivity index (χ1v) is 6.69. The SMILES string of the molecule is CCNC(Cc1cc(F)cc(F)c1)C(OC)C(C)C. The van der Waals surface area contributed by atoms with Gasteiger partial charge in [0.05, 0.1) is 6.10 Å². The summed E-state index contributed by atoms with van der Waals surface area (Å²) in [5.74, 6) is -0.750. The van der Waals surface area contributed by atoms with Gasteiger partial charge in [-0.05, 0) is 36.6 Å². The Balaban J connectivity index is 2.87. The summed E-state index contributed by atoms with van der Waals surface area (Å²) < 4.78 is 31.9. The lowest BCUT2D eigenvalue weighted by Gasteiger charge is -2.29. The first kappa shape index (κ1) is 16.1. The van der Waals surface area contributed by atoms with E-state index in [1.54, 1.807) is 7.11 Å². The van der Waals surface area contributed by atoms with Gasteiger partial charge >= 0.3 is 0 Å². The molecule has 2 nitrogen and oxygen atoms in total. The monoisotopic (exact) mass is 271 g/mol. The van der Waals surface area contributed by atoms with Gasteiger partial charge in [-0.25, -0.2) is 8.78 Å². The highest BCUT2D eigenvalue weighted by molar-refractivity contribution is 5.19. The fourth-order valence-electron chi connectivity index (χ4n) is 2.45. The van der Waals surface area contributed by atoms with E-state index in [1.807, 2.05) is 6.92 Å². The number of hydrogen-bond acceptors (Lipinski definition) is 2. The summed E-state index contributed by atoms with van der Waals surface area (Å²) in [5, 5.41) is 3.33. The molecule has 0 saturated heterocycles. The van der Waals surface area contributed by atoms with Crippen LogP contribution >= 0.6 is 0 Å². The van der Waals surface area contributed by atoms with E-state index in [0.717, 1.165) is 12.6 Å². The molecule has 0 aliphatic heterocycles. The van der Waals surface area contributed by atoms with Crippen LogP contribution in [0.5, 0.6) is 0 Å². The summed E-state index contributed by atoms with van der Waals surface area (Å²) in [6, 6.07) is 3.68. The van der Waals surface area contributed by atoms with Gasteiger partial charge in [0.2, 0.25) is 0 Å². The molecule has 0 radical (unpaired) electrons. The summed E-state index contributed by atoms with van der Waals surface area (Å²) in [5.41, 5.74) is 0.645. The molecule has 0 heterocycles. The van der Waals surface area contributed by atoms with Gasteiger partial charge in [-0.1, -0.05) is 20.8 Å². The Labute approximate surface area is 114 Å². The summed E-state index contributed by atoms with van der Waals surface area (Å²) >= 11 is 0. The van der Waals surface area contributed by atoms with Crippen molar-refractivity contribution < 1.29 is 13.5 Å². The summed E-state index contributed by atoms with van der Waals surface area (Å²) in [4.78, 5) is 0. The minimum Gasteiger partial charge on any atom is -0.380 e. The lowest BCUT2D eigenvalue weighted by atomic mass is 9.93. The third-order valence-electron chi connectivity index (χ3n) is 3.17. The molecule has 1 aromatic carbocycles. The Hall–Kier alpha value is -1.00. The molecule has 2 unspecified atom stereocenters. The molecule has 0 aromatic heterocycles. The molecule has 0 saturated carbocycles. The molecule has 0 amide bonds. The molecule has 19 heavy (non-hydrogen) atoms. The van der Waals surface area contributed by atoms with Gasteiger partial charge in [-0.3, -0.25) is 0 Å². The van der Waals surface area contributed by atoms with Crippen LogP contribution in [0.25, 0.3) is 0 Å². The van der Waals surface area contributed by atoms with Gasteiger partial charge in [0.15, 0.2) is 0 Å². The van der Waals surface area contributed by atoms with Crippen LogP contribution in [-0.4, -0.2) is 25.8 Å². The Kier molecular flexibility index (Phi) is 6.38. The van der Waals surface area contributed by atoms with Gasteiger partial charge in [0.1, 0.15) is 11.6 Å². The molecule has 1 aromatic rings. The van der Waals surface area contributed by atoms with Gasteiger partial charge in [0, 0.05) is 19.2 Å². The first-order chi connectivity index (χ1) is 8.97. The highest BCUT2D eigenvalue weighted by Crippen LogP contribution is 2.17. The number of methoxy groups -OCH3 is 1. The van der Waals surface area contributed by atoms with Gasteiger partial charge in [0.25, 0.3) is 0 Å². The van der Waals surface area contributed by atoms with E-state index in [-0.39, 0.29) is 12.1 Å². The Morgan fingerprint density at radius 2 is 1.74 bits per heavy atom. The van der Waals surface area contributed by atoms with Crippen LogP contribution < -0.4 is 5.32 Å². The van der Waals surface area contributed by atoms with Crippen LogP contribution in [0, 0.1) is 17.6 Å². The average molecular weight is 271 g/mol. The summed E-state index contributed by atoms with van der Waals surface area (Å²) in [6.07, 6.45) is 0.547. The van der Waals surface area contributed by atoms with Crippen molar-refractivity contribution in [2.75, 3.05) is 13.7 Å². The molecular formula is C15H23F2NO. The zero-order valence-corrected chi connectivity index (χ0v) is 12.0. The van der Waals surface area contributed by atoms with Crippen molar-refractivity contribution in [2.24, 2.45) is 5.92 Å². The molecule has 1 N–H and O–H groups in total. The van der Waals surface area contributed by atoms with Crippen molar-refractivity contribution in [3.63, 3.8) is 0 Å². The zero-order chi connectivity index (χ0) is 14.4. The second kappa shape index (κ2) is 7.56. The van der Waals surface area contributed by atoms with Crippen molar-refractivity contribution in [2.45, 2.75) is 39.3 Å². The molecule has 0 spiro atoms. The molecular weight excluding hydrogens is 248 g/mol. The van der Waals surface area contributed by atoms with Crippen LogP contribution in [0.1, 0.15) is 26.3 Å². The van der Waals surface area contributed by atoms with Crippen LogP contribution in [0.2, 0.25) is 0 Å². The third-order valence-corrected chi connectivity index (χ3v) is 3.17. The van der Waals surface area contributed by atoms with E-state index < -0.39 is 11.6 Å². The smallest absolute Gasteiger partial charge is 0.126 e. The minimum absolute atomic E-state index is 0.00581. The summed E-state index contributed by atoms with van der Waals surface area (Å²) in [6.45, 7) is 6.94. The number of likely N-dealkylation sites (N-methyl/N-ethyl adjacent to an activating group) is 1. The maximum Gasteiger partial charge on any atom is 0.126 e. The normalized spacial score (nSPS) is 14.7. The summed E-state index contributed by atoms with van der Waals surface area (Å²) in [7, 11) is 1.67. The van der Waals surface area contributed by atoms with Crippen molar-refractivity contribution in [1.29, 1.82) is 0 Å². The highest BCUT2D eigenvalue weighted by Gasteiger charge is 2.24. The van der Waals surface area contributed by atoms with E-state index in [4.69, 9.17) is 4.74 Å². The molecule has 2 atom stereocenters. The molecule has 0 bridgehead atoms. The standard InChI is InChI=1S/C15H23F2NO/c1-5-18-14(15(19-4)10(2)3)8-11-6-12(16)9-13(17)7-11/h6-7,9-10,14-15,18H,5,8H2,1-4H3. The number of hydrogen-bond donors (Lipinski definition) is 1. The van der Waals surface area contributed by atoms with E-state index in [9.17, 15) is 8.78 Å². The van der Waals surface area contributed by atoms with E-state index in [0.29, 0.717) is 17.9 Å². The van der Waals surface area contributed by atoms with Crippen LogP contribution in [-0.2, 0) is 11.2 Å². The van der Waals surface area contributed by atoms with Gasteiger partial charge in [-0.2, -0.15) is 0 Å². The number of rotatable bonds is 7. The Bertz CT molecular complexity index is 375. The Morgan fingerprint density at radius 1 is 1.16 bits per heavy atom. The van der Waals surface area contributed by atoms with Crippen LogP contribution in [0.3, 0.4) is 0 Å². The predicted molar refractivity (Wildman–Crippen MR) is 73.2 cm³/mol. The zero-order valence-electron chi connectivity index (χ0n) is 12.0. The maximum atomic E-state index is 13.2. The largest absolute Gasteiger partial charge is 0.380 e. The van der Waals surface area contributed by atoms with Crippen molar-refractivity contribution in [3.05, 3.63) is 35.4 Å². The van der Waals surface area contributed by atoms with Gasteiger partial charge in [-0.15, -0.1) is 0 Å². The van der Waals surface area contributed by atoms with E-state index >= 15 is 0 Å². The second-order valence-electron chi connectivity index (χ2n) is 5.09. The van der Waals surface area contributed by atoms with Crippen LogP contribution in [0.15, 0.2) is 18.2 Å². The quantitative estimate of drug-likeness (QED) is 0.822. The number of ether oxygens (including phenoxy) is 1. The fourth-order valence-corrected chi connectivity index (χ4v) is 2.45. The molecule has 1 rings (SSSR count). The number of benzene rings is 1. The average Bonchev–Trinajstić information content (AvgIpc) is 2.28. The highest BCUT2D eigenvalue weighted by atomic mass is 19.1. The van der Waals surface area contributed by atoms with Crippen molar-refractivity contribution in [3.8, 4) is 0 Å². The van der Waals surface area contributed by atoms with Gasteiger partial charge < -0.3 is 10.1 Å². The fraction of sp³-hybridized carbons (Fsp3) is 0.600. The lowest BCUT2D eigenvalue weighted by molar-refractivity contribution is 0.0336. The molecule has 108 valence electrons. The molecule has 0 aliphatic carbocycles. The maximum absolute atomic E-state index is 13.2.